The average molecular weight is 124 g/mol. The molecular formula is C7H8O2. The van der Waals surface area contributed by atoms with Gasteiger partial charge in [-0.05, 0) is 18.9 Å². The van der Waals surface area contributed by atoms with Crippen LogP contribution in [0.25, 0.3) is 0 Å². The summed E-state index contributed by atoms with van der Waals surface area (Å²) in [5.74, 6) is 0. The third-order valence-corrected chi connectivity index (χ3v) is 1.78. The molecule has 1 aromatic heterocycles. The number of furan rings is 1. The lowest BCUT2D eigenvalue weighted by molar-refractivity contribution is 0.150. The van der Waals surface area contributed by atoms with Crippen molar-refractivity contribution in [3.63, 3.8) is 0 Å². The van der Waals surface area contributed by atoms with Crippen molar-refractivity contribution < 1.29 is 9.52 Å². The van der Waals surface area contributed by atoms with Gasteiger partial charge in [0.1, 0.15) is 0 Å². The van der Waals surface area contributed by atoms with Crippen molar-refractivity contribution in [3.8, 4) is 0 Å². The van der Waals surface area contributed by atoms with Crippen LogP contribution >= 0.6 is 0 Å². The maximum atomic E-state index is 9.43. The van der Waals surface area contributed by atoms with Crippen LogP contribution in [0.3, 0.4) is 0 Å². The molecule has 2 heteroatoms. The monoisotopic (exact) mass is 124 g/mol. The molecule has 0 radical (unpaired) electrons. The highest BCUT2D eigenvalue weighted by Gasteiger charge is 2.42. The zero-order valence-electron chi connectivity index (χ0n) is 5.00. The number of hydrogen-bond acceptors (Lipinski definition) is 2. The molecule has 1 N–H and O–H groups in total. The highest BCUT2D eigenvalue weighted by atomic mass is 16.3. The molecular weight excluding hydrogens is 116 g/mol. The average Bonchev–Trinajstić information content (AvgIpc) is 2.46. The molecule has 0 saturated heterocycles. The topological polar surface area (TPSA) is 33.4 Å². The fourth-order valence-corrected chi connectivity index (χ4v) is 0.936. The molecule has 9 heavy (non-hydrogen) atoms. The highest BCUT2D eigenvalue weighted by molar-refractivity contribution is 5.22. The van der Waals surface area contributed by atoms with E-state index < -0.39 is 5.60 Å². The van der Waals surface area contributed by atoms with E-state index in [1.54, 1.807) is 12.5 Å². The Hall–Kier alpha value is -0.760. The molecule has 0 bridgehead atoms. The zero-order valence-corrected chi connectivity index (χ0v) is 5.00. The summed E-state index contributed by atoms with van der Waals surface area (Å²) in [6.07, 6.45) is 4.96. The Balaban J connectivity index is 2.34. The summed E-state index contributed by atoms with van der Waals surface area (Å²) < 4.78 is 4.82. The van der Waals surface area contributed by atoms with Gasteiger partial charge in [0.15, 0.2) is 0 Å². The maximum Gasteiger partial charge on any atom is 0.0963 e. The second-order valence-corrected chi connectivity index (χ2v) is 2.54. The molecule has 1 aliphatic rings. The molecule has 1 aliphatic carbocycles. The largest absolute Gasteiger partial charge is 0.472 e. The summed E-state index contributed by atoms with van der Waals surface area (Å²) in [5.41, 5.74) is 0.398. The van der Waals surface area contributed by atoms with Gasteiger partial charge in [-0.2, -0.15) is 0 Å². The number of rotatable bonds is 1. The van der Waals surface area contributed by atoms with Gasteiger partial charge in [-0.15, -0.1) is 0 Å². The van der Waals surface area contributed by atoms with E-state index in [0.717, 1.165) is 18.4 Å². The van der Waals surface area contributed by atoms with Gasteiger partial charge >= 0.3 is 0 Å². The van der Waals surface area contributed by atoms with Crippen molar-refractivity contribution in [2.24, 2.45) is 0 Å². The minimum Gasteiger partial charge on any atom is -0.472 e. The van der Waals surface area contributed by atoms with Crippen molar-refractivity contribution in [3.05, 3.63) is 24.2 Å². The molecule has 2 rings (SSSR count). The molecule has 0 atom stereocenters. The molecule has 1 saturated carbocycles. The van der Waals surface area contributed by atoms with Crippen LogP contribution in [0.5, 0.6) is 0 Å². The Kier molecular flexibility index (Phi) is 0.781. The van der Waals surface area contributed by atoms with Crippen LogP contribution in [0, 0.1) is 0 Å². The molecule has 1 fully saturated rings. The Labute approximate surface area is 53.1 Å². The molecule has 1 aromatic rings. The van der Waals surface area contributed by atoms with Crippen molar-refractivity contribution >= 4 is 0 Å². The van der Waals surface area contributed by atoms with E-state index in [9.17, 15) is 5.11 Å². The van der Waals surface area contributed by atoms with Gasteiger partial charge in [0.25, 0.3) is 0 Å². The van der Waals surface area contributed by atoms with Crippen LogP contribution in [-0.2, 0) is 5.60 Å². The van der Waals surface area contributed by atoms with Gasteiger partial charge < -0.3 is 9.52 Å². The molecule has 0 amide bonds. The normalized spacial score (nSPS) is 21.9. The molecule has 1 heterocycles. The Bertz CT molecular complexity index is 197. The van der Waals surface area contributed by atoms with Gasteiger partial charge in [-0.3, -0.25) is 0 Å². The lowest BCUT2D eigenvalue weighted by atomic mass is 10.2. The first kappa shape index (κ1) is 5.06. The minimum absolute atomic E-state index is 0.521. The fraction of sp³-hybridized carbons (Fsp3) is 0.429. The quantitative estimate of drug-likeness (QED) is 0.611. The first-order chi connectivity index (χ1) is 4.31. The smallest absolute Gasteiger partial charge is 0.0963 e. The predicted octanol–water partition coefficient (Wildman–Crippen LogP) is 1.26. The van der Waals surface area contributed by atoms with Gasteiger partial charge in [-0.1, -0.05) is 0 Å². The summed E-state index contributed by atoms with van der Waals surface area (Å²) in [6.45, 7) is 0. The molecule has 0 aliphatic heterocycles. The standard InChI is InChI=1S/C7H8O2/c8-7(2-3-7)6-1-4-9-5-6/h1,4-5,8H,2-3H2. The second-order valence-electron chi connectivity index (χ2n) is 2.54. The summed E-state index contributed by atoms with van der Waals surface area (Å²) in [6, 6.07) is 1.81. The van der Waals surface area contributed by atoms with Crippen LogP contribution in [0.2, 0.25) is 0 Å². The van der Waals surface area contributed by atoms with E-state index in [2.05, 4.69) is 0 Å². The van der Waals surface area contributed by atoms with Crippen molar-refractivity contribution in [1.82, 2.24) is 0 Å². The van der Waals surface area contributed by atoms with E-state index in [1.165, 1.54) is 0 Å². The minimum atomic E-state index is -0.521. The zero-order chi connectivity index (χ0) is 6.32. The summed E-state index contributed by atoms with van der Waals surface area (Å²) >= 11 is 0. The fourth-order valence-electron chi connectivity index (χ4n) is 0.936. The van der Waals surface area contributed by atoms with E-state index in [-0.39, 0.29) is 0 Å². The van der Waals surface area contributed by atoms with Crippen LogP contribution in [0.4, 0.5) is 0 Å². The molecule has 0 unspecified atom stereocenters. The van der Waals surface area contributed by atoms with E-state index >= 15 is 0 Å². The predicted molar refractivity (Wildman–Crippen MR) is 31.8 cm³/mol. The molecule has 2 nitrogen and oxygen atoms in total. The van der Waals surface area contributed by atoms with Crippen LogP contribution in [0.1, 0.15) is 18.4 Å². The lowest BCUT2D eigenvalue weighted by Crippen LogP contribution is -2.00. The van der Waals surface area contributed by atoms with Gasteiger partial charge in [0, 0.05) is 5.56 Å². The first-order valence-electron chi connectivity index (χ1n) is 3.06. The third-order valence-electron chi connectivity index (χ3n) is 1.78. The summed E-state index contributed by atoms with van der Waals surface area (Å²) in [5, 5.41) is 9.43. The van der Waals surface area contributed by atoms with E-state index in [0.29, 0.717) is 0 Å². The Morgan fingerprint density at radius 2 is 2.33 bits per heavy atom. The molecule has 0 spiro atoms. The number of hydrogen-bond donors (Lipinski definition) is 1. The van der Waals surface area contributed by atoms with Crippen molar-refractivity contribution in [2.75, 3.05) is 0 Å². The van der Waals surface area contributed by atoms with E-state index in [1.807, 2.05) is 6.07 Å². The number of aliphatic hydroxyl groups is 1. The highest BCUT2D eigenvalue weighted by Crippen LogP contribution is 2.45. The maximum absolute atomic E-state index is 9.43. The SMILES string of the molecule is OC1(c2ccoc2)CC1. The van der Waals surface area contributed by atoms with Gasteiger partial charge in [0.2, 0.25) is 0 Å². The Morgan fingerprint density at radius 3 is 2.78 bits per heavy atom. The summed E-state index contributed by atoms with van der Waals surface area (Å²) in [7, 11) is 0. The van der Waals surface area contributed by atoms with Crippen molar-refractivity contribution in [1.29, 1.82) is 0 Å². The Morgan fingerprint density at radius 1 is 1.56 bits per heavy atom. The van der Waals surface area contributed by atoms with Crippen LogP contribution in [-0.4, -0.2) is 5.11 Å². The lowest BCUT2D eigenvalue weighted by Gasteiger charge is -1.99. The van der Waals surface area contributed by atoms with Crippen molar-refractivity contribution in [2.45, 2.75) is 18.4 Å². The molecule has 0 aromatic carbocycles. The van der Waals surface area contributed by atoms with Crippen LogP contribution in [0.15, 0.2) is 23.0 Å². The summed E-state index contributed by atoms with van der Waals surface area (Å²) in [4.78, 5) is 0. The van der Waals surface area contributed by atoms with E-state index in [4.69, 9.17) is 4.42 Å². The third kappa shape index (κ3) is 0.669. The van der Waals surface area contributed by atoms with Gasteiger partial charge in [0.05, 0.1) is 18.1 Å². The first-order valence-corrected chi connectivity index (χ1v) is 3.06. The molecule has 48 valence electrons. The van der Waals surface area contributed by atoms with Crippen LogP contribution < -0.4 is 0 Å². The second kappa shape index (κ2) is 1.39. The van der Waals surface area contributed by atoms with Gasteiger partial charge in [-0.25, -0.2) is 0 Å².